The molecule has 0 aliphatic rings. The van der Waals surface area contributed by atoms with Crippen LogP contribution in [-0.4, -0.2) is 23.7 Å². The number of nitriles is 1. The van der Waals surface area contributed by atoms with Crippen LogP contribution >= 0.6 is 0 Å². The summed E-state index contributed by atoms with van der Waals surface area (Å²) in [6, 6.07) is 19.0. The lowest BCUT2D eigenvalue weighted by atomic mass is 9.98. The van der Waals surface area contributed by atoms with Crippen molar-refractivity contribution < 1.29 is 9.13 Å². The van der Waals surface area contributed by atoms with Crippen molar-refractivity contribution in [1.29, 1.82) is 5.26 Å². The van der Waals surface area contributed by atoms with Crippen molar-refractivity contribution in [1.82, 2.24) is 9.97 Å². The fourth-order valence-electron chi connectivity index (χ4n) is 3.75. The van der Waals surface area contributed by atoms with Crippen molar-refractivity contribution in [2.75, 3.05) is 13.7 Å². The third kappa shape index (κ3) is 4.99. The van der Waals surface area contributed by atoms with Gasteiger partial charge in [0.25, 0.3) is 0 Å². The van der Waals surface area contributed by atoms with E-state index in [4.69, 9.17) is 10.00 Å². The Kier molecular flexibility index (Phi) is 6.84. The fourth-order valence-corrected chi connectivity index (χ4v) is 3.75. The van der Waals surface area contributed by atoms with Crippen molar-refractivity contribution in [3.63, 3.8) is 0 Å². The average Bonchev–Trinajstić information content (AvgIpc) is 2.84. The molecular weight excluding hydrogens is 401 g/mol. The molecule has 4 rings (SSSR count). The summed E-state index contributed by atoms with van der Waals surface area (Å²) in [5.41, 5.74) is 4.34. The number of rotatable bonds is 8. The minimum atomic E-state index is -0.183. The monoisotopic (exact) mass is 425 g/mol. The van der Waals surface area contributed by atoms with E-state index in [1.807, 2.05) is 48.8 Å². The number of methoxy groups -OCH3 is 1. The van der Waals surface area contributed by atoms with Crippen LogP contribution in [0, 0.1) is 17.1 Å². The lowest BCUT2D eigenvalue weighted by molar-refractivity contribution is 0.195. The van der Waals surface area contributed by atoms with Crippen molar-refractivity contribution in [2.24, 2.45) is 0 Å². The maximum atomic E-state index is 15.1. The zero-order valence-electron chi connectivity index (χ0n) is 18.0. The number of benzene rings is 3. The minimum Gasteiger partial charge on any atom is -0.385 e. The Hall–Kier alpha value is -3.62. The Bertz CT molecular complexity index is 1250. The quantitative estimate of drug-likeness (QED) is 0.341. The van der Waals surface area contributed by atoms with Crippen molar-refractivity contribution in [3.05, 3.63) is 95.1 Å². The van der Waals surface area contributed by atoms with Crippen LogP contribution in [0.5, 0.6) is 0 Å². The molecule has 4 aromatic rings. The molecule has 5 heteroatoms. The zero-order valence-corrected chi connectivity index (χ0v) is 18.0. The lowest BCUT2D eigenvalue weighted by Gasteiger charge is -2.09. The van der Waals surface area contributed by atoms with Crippen LogP contribution < -0.4 is 0 Å². The first-order valence-corrected chi connectivity index (χ1v) is 10.7. The molecule has 0 bridgehead atoms. The first kappa shape index (κ1) is 21.6. The minimum absolute atomic E-state index is 0.183. The Morgan fingerprint density at radius 1 is 0.906 bits per heavy atom. The number of nitrogens with zero attached hydrogens (tertiary/aromatic N) is 3. The third-order valence-corrected chi connectivity index (χ3v) is 5.58. The van der Waals surface area contributed by atoms with Gasteiger partial charge in [-0.1, -0.05) is 36.4 Å². The normalized spacial score (nSPS) is 10.9. The van der Waals surface area contributed by atoms with Gasteiger partial charge in [0.2, 0.25) is 0 Å². The van der Waals surface area contributed by atoms with Crippen LogP contribution in [-0.2, 0) is 24.0 Å². The number of hydrogen-bond acceptors (Lipinski definition) is 4. The molecule has 0 aliphatic heterocycles. The molecular formula is C27H24FN3O. The summed E-state index contributed by atoms with van der Waals surface area (Å²) < 4.78 is 20.2. The molecule has 160 valence electrons. The number of aromatic nitrogens is 2. The fraction of sp³-hybridized carbons (Fsp3) is 0.222. The van der Waals surface area contributed by atoms with E-state index in [0.717, 1.165) is 41.3 Å². The van der Waals surface area contributed by atoms with E-state index in [-0.39, 0.29) is 5.82 Å². The highest BCUT2D eigenvalue weighted by molar-refractivity contribution is 5.87. The zero-order chi connectivity index (χ0) is 22.3. The molecule has 0 N–H and O–H groups in total. The van der Waals surface area contributed by atoms with Crippen molar-refractivity contribution in [3.8, 4) is 17.5 Å². The summed E-state index contributed by atoms with van der Waals surface area (Å²) in [7, 11) is 1.69. The summed E-state index contributed by atoms with van der Waals surface area (Å²) in [6.45, 7) is 0.716. The van der Waals surface area contributed by atoms with Gasteiger partial charge in [-0.3, -0.25) is 0 Å². The van der Waals surface area contributed by atoms with E-state index in [1.165, 1.54) is 0 Å². The third-order valence-electron chi connectivity index (χ3n) is 5.58. The standard InChI is InChI=1S/C27H24FN3O/c1-32-14-2-3-21-17-30-27(31-18-21)24-12-13-25-23(15-24)11-10-22(26(25)28)9-8-19-4-6-20(16-29)7-5-19/h4-7,10-13,15,17-18H,2-3,8-9,14H2,1H3. The molecule has 3 aromatic carbocycles. The van der Waals surface area contributed by atoms with Crippen LogP contribution in [0.25, 0.3) is 22.2 Å². The van der Waals surface area contributed by atoms with Gasteiger partial charge in [0.15, 0.2) is 5.82 Å². The number of ether oxygens (including phenoxy) is 1. The molecule has 32 heavy (non-hydrogen) atoms. The van der Waals surface area contributed by atoms with E-state index in [1.54, 1.807) is 25.3 Å². The van der Waals surface area contributed by atoms with Gasteiger partial charge in [0.1, 0.15) is 5.82 Å². The highest BCUT2D eigenvalue weighted by atomic mass is 19.1. The molecule has 1 heterocycles. The van der Waals surface area contributed by atoms with E-state index in [2.05, 4.69) is 16.0 Å². The largest absolute Gasteiger partial charge is 0.385 e. The summed E-state index contributed by atoms with van der Waals surface area (Å²) in [6.07, 6.45) is 6.81. The average molecular weight is 426 g/mol. The SMILES string of the molecule is COCCCc1cnc(-c2ccc3c(F)c(CCc4ccc(C#N)cc4)ccc3c2)nc1. The topological polar surface area (TPSA) is 58.8 Å². The number of halogens is 1. The summed E-state index contributed by atoms with van der Waals surface area (Å²) in [5, 5.41) is 10.3. The molecule has 1 aromatic heterocycles. The van der Waals surface area contributed by atoms with E-state index < -0.39 is 0 Å². The van der Waals surface area contributed by atoms with Gasteiger partial charge in [-0.05, 0) is 66.0 Å². The van der Waals surface area contributed by atoms with Gasteiger partial charge in [-0.25, -0.2) is 14.4 Å². The van der Waals surface area contributed by atoms with Gasteiger partial charge < -0.3 is 4.74 Å². The van der Waals surface area contributed by atoms with Gasteiger partial charge >= 0.3 is 0 Å². The van der Waals surface area contributed by atoms with Gasteiger partial charge in [0.05, 0.1) is 11.6 Å². The predicted octanol–water partition coefficient (Wildman–Crippen LogP) is 5.67. The molecule has 0 radical (unpaired) electrons. The molecule has 4 nitrogen and oxygen atoms in total. The first-order chi connectivity index (χ1) is 15.7. The summed E-state index contributed by atoms with van der Waals surface area (Å²) in [4.78, 5) is 8.97. The van der Waals surface area contributed by atoms with Crippen molar-refractivity contribution in [2.45, 2.75) is 25.7 Å². The molecule has 0 unspecified atom stereocenters. The first-order valence-electron chi connectivity index (χ1n) is 10.7. The number of aryl methyl sites for hydroxylation is 3. The molecule has 0 fully saturated rings. The number of fused-ring (bicyclic) bond motifs is 1. The highest BCUT2D eigenvalue weighted by Gasteiger charge is 2.10. The second-order valence-corrected chi connectivity index (χ2v) is 7.79. The predicted molar refractivity (Wildman–Crippen MR) is 124 cm³/mol. The maximum absolute atomic E-state index is 15.1. The van der Waals surface area contributed by atoms with E-state index >= 15 is 4.39 Å². The lowest BCUT2D eigenvalue weighted by Crippen LogP contribution is -1.97. The van der Waals surface area contributed by atoms with Crippen LogP contribution in [0.4, 0.5) is 4.39 Å². The summed E-state index contributed by atoms with van der Waals surface area (Å²) >= 11 is 0. The summed E-state index contributed by atoms with van der Waals surface area (Å²) in [5.74, 6) is 0.449. The molecule has 0 aliphatic carbocycles. The van der Waals surface area contributed by atoms with Crippen LogP contribution in [0.3, 0.4) is 0 Å². The molecule has 0 saturated heterocycles. The van der Waals surface area contributed by atoms with Crippen LogP contribution in [0.15, 0.2) is 67.0 Å². The Morgan fingerprint density at radius 2 is 1.69 bits per heavy atom. The second-order valence-electron chi connectivity index (χ2n) is 7.79. The van der Waals surface area contributed by atoms with Crippen molar-refractivity contribution >= 4 is 10.8 Å². The Morgan fingerprint density at radius 3 is 2.41 bits per heavy atom. The maximum Gasteiger partial charge on any atom is 0.159 e. The van der Waals surface area contributed by atoms with E-state index in [9.17, 15) is 0 Å². The van der Waals surface area contributed by atoms with E-state index in [0.29, 0.717) is 35.4 Å². The second kappa shape index (κ2) is 10.1. The molecule has 0 amide bonds. The smallest absolute Gasteiger partial charge is 0.159 e. The van der Waals surface area contributed by atoms with Crippen LogP contribution in [0.2, 0.25) is 0 Å². The van der Waals surface area contributed by atoms with Gasteiger partial charge in [0, 0.05) is 37.1 Å². The molecule has 0 spiro atoms. The Labute approximate surface area is 187 Å². The van der Waals surface area contributed by atoms with Gasteiger partial charge in [-0.2, -0.15) is 5.26 Å². The highest BCUT2D eigenvalue weighted by Crippen LogP contribution is 2.26. The Balaban J connectivity index is 1.49. The number of hydrogen-bond donors (Lipinski definition) is 0. The molecule has 0 saturated carbocycles. The van der Waals surface area contributed by atoms with Gasteiger partial charge in [-0.15, -0.1) is 0 Å². The van der Waals surface area contributed by atoms with Crippen LogP contribution in [0.1, 0.15) is 28.7 Å². The molecule has 0 atom stereocenters.